The number of amides is 1. The van der Waals surface area contributed by atoms with Crippen LogP contribution in [0.25, 0.3) is 0 Å². The topological polar surface area (TPSA) is 55.4 Å². The van der Waals surface area contributed by atoms with Gasteiger partial charge in [0, 0.05) is 0 Å². The lowest BCUT2D eigenvalue weighted by Gasteiger charge is -2.17. The van der Waals surface area contributed by atoms with Crippen molar-refractivity contribution in [1.29, 1.82) is 0 Å². The number of benzene rings is 2. The van der Waals surface area contributed by atoms with Crippen molar-refractivity contribution in [2.75, 3.05) is 13.2 Å². The van der Waals surface area contributed by atoms with Crippen LogP contribution in [0.5, 0.6) is 0 Å². The first-order chi connectivity index (χ1) is 11.7. The Morgan fingerprint density at radius 3 is 2.00 bits per heavy atom. The van der Waals surface area contributed by atoms with Gasteiger partial charge in [0.1, 0.15) is 6.54 Å². The summed E-state index contributed by atoms with van der Waals surface area (Å²) >= 11 is 0. The first kappa shape index (κ1) is 16.2. The zero-order valence-electron chi connectivity index (χ0n) is 13.5. The van der Waals surface area contributed by atoms with Crippen LogP contribution in [0.4, 0.5) is 0 Å². The minimum absolute atomic E-state index is 0.0955. The zero-order chi connectivity index (χ0) is 16.8. The molecule has 1 amide bonds. The van der Waals surface area contributed by atoms with E-state index in [4.69, 9.17) is 4.74 Å². The van der Waals surface area contributed by atoms with Crippen LogP contribution in [-0.2, 0) is 14.3 Å². The number of nitrogens with one attached hydrogen (secondary N) is 1. The number of carbonyl (C=O) groups is 2. The Hall–Kier alpha value is -2.62. The highest BCUT2D eigenvalue weighted by atomic mass is 16.5. The van der Waals surface area contributed by atoms with Gasteiger partial charge in [0.15, 0.2) is 0 Å². The van der Waals surface area contributed by atoms with E-state index in [1.54, 1.807) is 0 Å². The van der Waals surface area contributed by atoms with Gasteiger partial charge in [-0.25, -0.2) is 0 Å². The predicted molar refractivity (Wildman–Crippen MR) is 91.4 cm³/mol. The van der Waals surface area contributed by atoms with Gasteiger partial charge in [0.25, 0.3) is 0 Å². The van der Waals surface area contributed by atoms with Crippen molar-refractivity contribution in [1.82, 2.24) is 5.32 Å². The Balaban J connectivity index is 1.66. The van der Waals surface area contributed by atoms with Crippen LogP contribution < -0.4 is 5.32 Å². The number of esters is 1. The Labute approximate surface area is 141 Å². The highest BCUT2D eigenvalue weighted by Gasteiger charge is 2.25. The van der Waals surface area contributed by atoms with Crippen molar-refractivity contribution in [3.8, 4) is 0 Å². The first-order valence-electron chi connectivity index (χ1n) is 8.27. The number of ether oxygens (including phenoxy) is 1. The average Bonchev–Trinajstić information content (AvgIpc) is 3.45. The molecule has 1 fully saturated rings. The summed E-state index contributed by atoms with van der Waals surface area (Å²) < 4.78 is 5.15. The Bertz CT molecular complexity index is 641. The lowest BCUT2D eigenvalue weighted by molar-refractivity contribution is -0.144. The van der Waals surface area contributed by atoms with Crippen molar-refractivity contribution in [2.45, 2.75) is 18.8 Å². The van der Waals surface area contributed by atoms with Crippen LogP contribution in [0.2, 0.25) is 0 Å². The second-order valence-corrected chi connectivity index (χ2v) is 6.10. The largest absolute Gasteiger partial charge is 0.464 e. The molecule has 1 saturated carbocycles. The third-order valence-electron chi connectivity index (χ3n) is 4.11. The van der Waals surface area contributed by atoms with Gasteiger partial charge in [-0.2, -0.15) is 0 Å². The molecule has 2 aromatic rings. The molecule has 3 rings (SSSR count). The van der Waals surface area contributed by atoms with Gasteiger partial charge in [-0.1, -0.05) is 60.7 Å². The maximum Gasteiger partial charge on any atom is 0.325 e. The Morgan fingerprint density at radius 1 is 0.958 bits per heavy atom. The molecule has 24 heavy (non-hydrogen) atoms. The third-order valence-corrected chi connectivity index (χ3v) is 4.11. The Kier molecular flexibility index (Phi) is 5.26. The molecular weight excluding hydrogens is 302 g/mol. The molecule has 0 unspecified atom stereocenters. The number of rotatable bonds is 7. The van der Waals surface area contributed by atoms with E-state index in [0.29, 0.717) is 12.5 Å². The molecule has 2 aromatic carbocycles. The maximum atomic E-state index is 12.7. The van der Waals surface area contributed by atoms with E-state index in [2.05, 4.69) is 5.32 Å². The predicted octanol–water partition coefficient (Wildman–Crippen LogP) is 2.89. The minimum atomic E-state index is -0.441. The number of carbonyl (C=O) groups excluding carboxylic acids is 2. The molecule has 0 aromatic heterocycles. The zero-order valence-corrected chi connectivity index (χ0v) is 13.5. The van der Waals surface area contributed by atoms with Gasteiger partial charge in [0.05, 0.1) is 12.5 Å². The second-order valence-electron chi connectivity index (χ2n) is 6.10. The van der Waals surface area contributed by atoms with E-state index in [1.165, 1.54) is 0 Å². The normalized spacial score (nSPS) is 13.5. The molecule has 0 atom stereocenters. The van der Waals surface area contributed by atoms with Gasteiger partial charge in [-0.15, -0.1) is 0 Å². The van der Waals surface area contributed by atoms with Gasteiger partial charge < -0.3 is 10.1 Å². The van der Waals surface area contributed by atoms with E-state index >= 15 is 0 Å². The molecule has 0 heterocycles. The lowest BCUT2D eigenvalue weighted by atomic mass is 9.90. The summed E-state index contributed by atoms with van der Waals surface area (Å²) in [7, 11) is 0. The molecule has 0 aliphatic heterocycles. The monoisotopic (exact) mass is 323 g/mol. The molecule has 0 bridgehead atoms. The molecular formula is C20H21NO3. The van der Waals surface area contributed by atoms with Crippen molar-refractivity contribution in [3.63, 3.8) is 0 Å². The smallest absolute Gasteiger partial charge is 0.325 e. The van der Waals surface area contributed by atoms with Gasteiger partial charge in [-0.05, 0) is 29.9 Å². The summed E-state index contributed by atoms with van der Waals surface area (Å²) in [6.45, 7) is 0.372. The molecule has 0 radical (unpaired) electrons. The molecule has 124 valence electrons. The summed E-state index contributed by atoms with van der Waals surface area (Å²) in [5.74, 6) is -0.499. The van der Waals surface area contributed by atoms with E-state index in [-0.39, 0.29) is 18.4 Å². The van der Waals surface area contributed by atoms with Crippen molar-refractivity contribution in [2.24, 2.45) is 5.92 Å². The lowest BCUT2D eigenvalue weighted by Crippen LogP contribution is -2.35. The summed E-state index contributed by atoms with van der Waals surface area (Å²) in [5.41, 5.74) is 1.79. The van der Waals surface area contributed by atoms with Crippen LogP contribution >= 0.6 is 0 Å². The molecule has 1 aliphatic rings. The molecule has 4 nitrogen and oxygen atoms in total. The highest BCUT2D eigenvalue weighted by molar-refractivity contribution is 5.89. The van der Waals surface area contributed by atoms with Crippen LogP contribution in [0.3, 0.4) is 0 Å². The van der Waals surface area contributed by atoms with Gasteiger partial charge >= 0.3 is 5.97 Å². The average molecular weight is 323 g/mol. The molecule has 0 spiro atoms. The van der Waals surface area contributed by atoms with Crippen molar-refractivity contribution in [3.05, 3.63) is 71.8 Å². The standard InChI is InChI=1S/C20H21NO3/c22-18(24-14-15-11-12-15)13-21-20(23)19(16-7-3-1-4-8-16)17-9-5-2-6-10-17/h1-10,15,19H,11-14H2,(H,21,23). The third kappa shape index (κ3) is 4.44. The van der Waals surface area contributed by atoms with E-state index < -0.39 is 5.92 Å². The quantitative estimate of drug-likeness (QED) is 0.797. The molecule has 4 heteroatoms. The van der Waals surface area contributed by atoms with Gasteiger partial charge in [0.2, 0.25) is 5.91 Å². The van der Waals surface area contributed by atoms with Gasteiger partial charge in [-0.3, -0.25) is 9.59 Å². The van der Waals surface area contributed by atoms with E-state index in [9.17, 15) is 9.59 Å². The minimum Gasteiger partial charge on any atom is -0.464 e. The number of hydrogen-bond acceptors (Lipinski definition) is 3. The fourth-order valence-corrected chi connectivity index (χ4v) is 2.59. The highest BCUT2D eigenvalue weighted by Crippen LogP contribution is 2.28. The van der Waals surface area contributed by atoms with Crippen LogP contribution in [0, 0.1) is 5.92 Å². The first-order valence-corrected chi connectivity index (χ1v) is 8.27. The van der Waals surface area contributed by atoms with E-state index in [0.717, 1.165) is 24.0 Å². The van der Waals surface area contributed by atoms with Crippen LogP contribution in [0.1, 0.15) is 29.9 Å². The molecule has 0 saturated heterocycles. The van der Waals surface area contributed by atoms with Crippen LogP contribution in [0.15, 0.2) is 60.7 Å². The van der Waals surface area contributed by atoms with Crippen molar-refractivity contribution < 1.29 is 14.3 Å². The maximum absolute atomic E-state index is 12.7. The number of hydrogen-bond donors (Lipinski definition) is 1. The summed E-state index contributed by atoms with van der Waals surface area (Å²) in [6, 6.07) is 19.1. The molecule has 1 N–H and O–H groups in total. The SMILES string of the molecule is O=C(CNC(=O)C(c1ccccc1)c1ccccc1)OCC1CC1. The van der Waals surface area contributed by atoms with Crippen molar-refractivity contribution >= 4 is 11.9 Å². The second kappa shape index (κ2) is 7.77. The van der Waals surface area contributed by atoms with E-state index in [1.807, 2.05) is 60.7 Å². The summed E-state index contributed by atoms with van der Waals surface area (Å²) in [6.07, 6.45) is 2.26. The Morgan fingerprint density at radius 2 is 1.50 bits per heavy atom. The molecule has 1 aliphatic carbocycles. The fourth-order valence-electron chi connectivity index (χ4n) is 2.59. The fraction of sp³-hybridized carbons (Fsp3) is 0.300. The summed E-state index contributed by atoms with van der Waals surface area (Å²) in [4.78, 5) is 24.4. The van der Waals surface area contributed by atoms with Crippen LogP contribution in [-0.4, -0.2) is 25.0 Å². The summed E-state index contributed by atoms with van der Waals surface area (Å²) in [5, 5.41) is 2.71.